The van der Waals surface area contributed by atoms with Crippen molar-refractivity contribution < 1.29 is 0 Å². The van der Waals surface area contributed by atoms with Crippen LogP contribution in [0.1, 0.15) is 24.8 Å². The molecular formula is C13H16BrN. The minimum absolute atomic E-state index is 0.730. The molecular weight excluding hydrogens is 250 g/mol. The summed E-state index contributed by atoms with van der Waals surface area (Å²) in [6.07, 6.45) is 4.33. The molecule has 1 aromatic rings. The molecule has 2 heteroatoms. The van der Waals surface area contributed by atoms with E-state index in [1.165, 1.54) is 43.6 Å². The van der Waals surface area contributed by atoms with E-state index in [-0.39, 0.29) is 0 Å². The SMILES string of the molecule is BrCc1ccc(N2CCC3(CC3)C2)cc1. The fourth-order valence-corrected chi connectivity index (χ4v) is 2.91. The number of hydrogen-bond donors (Lipinski definition) is 0. The summed E-state index contributed by atoms with van der Waals surface area (Å²) in [6.45, 7) is 2.55. The Bertz CT molecular complexity index is 353. The Hall–Kier alpha value is -0.500. The number of anilines is 1. The standard InChI is InChI=1S/C13H16BrN/c14-9-11-1-3-12(4-2-11)15-8-7-13(10-15)5-6-13/h1-4H,5-10H2. The summed E-state index contributed by atoms with van der Waals surface area (Å²) in [4.78, 5) is 2.55. The van der Waals surface area contributed by atoms with Crippen LogP contribution in [0.2, 0.25) is 0 Å². The first kappa shape index (κ1) is 9.71. The largest absolute Gasteiger partial charge is 0.371 e. The molecule has 0 aromatic heterocycles. The summed E-state index contributed by atoms with van der Waals surface area (Å²) < 4.78 is 0. The Labute approximate surface area is 99.6 Å². The zero-order valence-electron chi connectivity index (χ0n) is 8.88. The van der Waals surface area contributed by atoms with E-state index in [1.54, 1.807) is 0 Å². The Kier molecular flexibility index (Phi) is 2.27. The lowest BCUT2D eigenvalue weighted by Gasteiger charge is -2.18. The number of hydrogen-bond acceptors (Lipinski definition) is 1. The van der Waals surface area contributed by atoms with E-state index in [9.17, 15) is 0 Å². The Balaban J connectivity index is 1.75. The smallest absolute Gasteiger partial charge is 0.0366 e. The van der Waals surface area contributed by atoms with Gasteiger partial charge in [0.25, 0.3) is 0 Å². The highest BCUT2D eigenvalue weighted by molar-refractivity contribution is 9.08. The molecule has 1 spiro atoms. The Morgan fingerprint density at radius 1 is 1.13 bits per heavy atom. The Morgan fingerprint density at radius 3 is 2.40 bits per heavy atom. The second-order valence-electron chi connectivity index (χ2n) is 4.97. The lowest BCUT2D eigenvalue weighted by atomic mass is 10.1. The van der Waals surface area contributed by atoms with Gasteiger partial charge in [-0.15, -0.1) is 0 Å². The van der Waals surface area contributed by atoms with Gasteiger partial charge in [0.15, 0.2) is 0 Å². The average molecular weight is 266 g/mol. The topological polar surface area (TPSA) is 3.24 Å². The van der Waals surface area contributed by atoms with Gasteiger partial charge in [-0.05, 0) is 42.4 Å². The molecule has 1 aliphatic heterocycles. The summed E-state index contributed by atoms with van der Waals surface area (Å²) in [5.41, 5.74) is 3.50. The summed E-state index contributed by atoms with van der Waals surface area (Å²) >= 11 is 3.48. The van der Waals surface area contributed by atoms with E-state index in [0.29, 0.717) is 0 Å². The predicted molar refractivity (Wildman–Crippen MR) is 67.6 cm³/mol. The van der Waals surface area contributed by atoms with Crippen LogP contribution in [0.5, 0.6) is 0 Å². The molecule has 0 N–H and O–H groups in total. The third-order valence-corrected chi connectivity index (χ3v) is 4.50. The maximum Gasteiger partial charge on any atom is 0.0366 e. The quantitative estimate of drug-likeness (QED) is 0.740. The van der Waals surface area contributed by atoms with Crippen molar-refractivity contribution in [1.29, 1.82) is 0 Å². The van der Waals surface area contributed by atoms with Crippen LogP contribution in [0.4, 0.5) is 5.69 Å². The summed E-state index contributed by atoms with van der Waals surface area (Å²) in [7, 11) is 0. The van der Waals surface area contributed by atoms with Gasteiger partial charge in [-0.25, -0.2) is 0 Å². The van der Waals surface area contributed by atoms with Crippen LogP contribution in [-0.4, -0.2) is 13.1 Å². The highest BCUT2D eigenvalue weighted by Gasteiger charge is 2.47. The molecule has 1 saturated heterocycles. The number of nitrogens with zero attached hydrogens (tertiary/aromatic N) is 1. The maximum atomic E-state index is 3.48. The molecule has 0 unspecified atom stereocenters. The molecule has 1 heterocycles. The van der Waals surface area contributed by atoms with Gasteiger partial charge in [-0.2, -0.15) is 0 Å². The zero-order chi connectivity index (χ0) is 10.3. The van der Waals surface area contributed by atoms with Crippen molar-refractivity contribution in [2.24, 2.45) is 5.41 Å². The van der Waals surface area contributed by atoms with E-state index in [4.69, 9.17) is 0 Å². The minimum Gasteiger partial charge on any atom is -0.371 e. The van der Waals surface area contributed by atoms with Gasteiger partial charge in [0, 0.05) is 24.1 Å². The molecule has 1 saturated carbocycles. The molecule has 1 aliphatic carbocycles. The molecule has 80 valence electrons. The second kappa shape index (κ2) is 3.51. The number of alkyl halides is 1. The van der Waals surface area contributed by atoms with Crippen LogP contribution >= 0.6 is 15.9 Å². The van der Waals surface area contributed by atoms with Crippen LogP contribution in [0.15, 0.2) is 24.3 Å². The third kappa shape index (κ3) is 1.80. The molecule has 15 heavy (non-hydrogen) atoms. The van der Waals surface area contributed by atoms with Crippen molar-refractivity contribution >= 4 is 21.6 Å². The van der Waals surface area contributed by atoms with Gasteiger partial charge < -0.3 is 4.90 Å². The molecule has 1 nitrogen and oxygen atoms in total. The molecule has 0 radical (unpaired) electrons. The van der Waals surface area contributed by atoms with Gasteiger partial charge in [0.1, 0.15) is 0 Å². The van der Waals surface area contributed by atoms with Crippen LogP contribution in [0.25, 0.3) is 0 Å². The highest BCUT2D eigenvalue weighted by atomic mass is 79.9. The number of benzene rings is 1. The maximum absolute atomic E-state index is 3.48. The molecule has 0 bridgehead atoms. The molecule has 2 fully saturated rings. The summed E-state index contributed by atoms with van der Waals surface area (Å²) in [5.74, 6) is 0. The minimum atomic E-state index is 0.730. The summed E-state index contributed by atoms with van der Waals surface area (Å²) in [5, 5.41) is 0.956. The molecule has 1 aromatic carbocycles. The van der Waals surface area contributed by atoms with Gasteiger partial charge in [0.2, 0.25) is 0 Å². The van der Waals surface area contributed by atoms with Crippen molar-refractivity contribution in [1.82, 2.24) is 0 Å². The Morgan fingerprint density at radius 2 is 1.87 bits per heavy atom. The predicted octanol–water partition coefficient (Wildman–Crippen LogP) is 3.57. The van der Waals surface area contributed by atoms with Gasteiger partial charge in [-0.1, -0.05) is 28.1 Å². The van der Waals surface area contributed by atoms with Crippen molar-refractivity contribution in [2.45, 2.75) is 24.6 Å². The monoisotopic (exact) mass is 265 g/mol. The van der Waals surface area contributed by atoms with Crippen LogP contribution in [0, 0.1) is 5.41 Å². The normalized spacial score (nSPS) is 22.3. The third-order valence-electron chi connectivity index (χ3n) is 3.85. The van der Waals surface area contributed by atoms with Crippen LogP contribution in [-0.2, 0) is 5.33 Å². The van der Waals surface area contributed by atoms with E-state index in [1.807, 2.05) is 0 Å². The first-order chi connectivity index (χ1) is 7.31. The first-order valence-electron chi connectivity index (χ1n) is 5.71. The van der Waals surface area contributed by atoms with Gasteiger partial charge in [-0.3, -0.25) is 0 Å². The molecule has 0 atom stereocenters. The van der Waals surface area contributed by atoms with Crippen molar-refractivity contribution in [3.05, 3.63) is 29.8 Å². The molecule has 2 aliphatic rings. The molecule has 0 amide bonds. The van der Waals surface area contributed by atoms with Crippen LogP contribution in [0.3, 0.4) is 0 Å². The average Bonchev–Trinajstić information content (AvgIpc) is 2.90. The fraction of sp³-hybridized carbons (Fsp3) is 0.538. The van der Waals surface area contributed by atoms with Crippen LogP contribution < -0.4 is 4.90 Å². The van der Waals surface area contributed by atoms with E-state index >= 15 is 0 Å². The zero-order valence-corrected chi connectivity index (χ0v) is 10.5. The van der Waals surface area contributed by atoms with Gasteiger partial charge >= 0.3 is 0 Å². The number of halogens is 1. The highest BCUT2D eigenvalue weighted by Crippen LogP contribution is 2.53. The second-order valence-corrected chi connectivity index (χ2v) is 5.53. The number of rotatable bonds is 2. The van der Waals surface area contributed by atoms with E-state index < -0.39 is 0 Å². The lowest BCUT2D eigenvalue weighted by molar-refractivity contribution is 0.581. The fourth-order valence-electron chi connectivity index (χ4n) is 2.54. The summed E-state index contributed by atoms with van der Waals surface area (Å²) in [6, 6.07) is 8.97. The van der Waals surface area contributed by atoms with E-state index in [0.717, 1.165) is 10.7 Å². The van der Waals surface area contributed by atoms with Gasteiger partial charge in [0.05, 0.1) is 0 Å². The first-order valence-corrected chi connectivity index (χ1v) is 6.83. The van der Waals surface area contributed by atoms with Crippen molar-refractivity contribution in [2.75, 3.05) is 18.0 Å². The van der Waals surface area contributed by atoms with E-state index in [2.05, 4.69) is 45.1 Å². The lowest BCUT2D eigenvalue weighted by Crippen LogP contribution is -2.19. The van der Waals surface area contributed by atoms with Crippen molar-refractivity contribution in [3.8, 4) is 0 Å². The van der Waals surface area contributed by atoms with Crippen molar-refractivity contribution in [3.63, 3.8) is 0 Å². The molecule has 3 rings (SSSR count).